The summed E-state index contributed by atoms with van der Waals surface area (Å²) in [6.07, 6.45) is 0. The van der Waals surface area contributed by atoms with E-state index in [1.807, 2.05) is 10.6 Å². The second-order valence-electron chi connectivity index (χ2n) is 3.15. The smallest absolute Gasteiger partial charge is 1.00 e. The third-order valence-corrected chi connectivity index (χ3v) is 2.13. The molecule has 0 aromatic heterocycles. The predicted octanol–water partition coefficient (Wildman–Crippen LogP) is -2.75. The molecule has 4 amide bonds. The first-order valence-corrected chi connectivity index (χ1v) is 4.39. The van der Waals surface area contributed by atoms with Crippen LogP contribution in [0.1, 0.15) is 12.9 Å². The number of amides is 4. The van der Waals surface area contributed by atoms with Crippen molar-refractivity contribution in [1.29, 1.82) is 0 Å². The standard InChI is InChI=1S/C10H8N2O3.Na.H/c13-8-7(6-4-2-1-3-5-6)9(14)12-10(15)11-8;;/h1-5,7H,(H2,11,12,13,14,15);;/q;+1;-1. The van der Waals surface area contributed by atoms with Gasteiger partial charge in [-0.2, -0.15) is 0 Å². The van der Waals surface area contributed by atoms with E-state index in [1.54, 1.807) is 30.3 Å². The number of carbonyl (C=O) groups is 3. The molecular formula is C10H9N2NaO3. The molecule has 0 radical (unpaired) electrons. The number of urea groups is 1. The van der Waals surface area contributed by atoms with E-state index >= 15 is 0 Å². The molecule has 1 aliphatic heterocycles. The van der Waals surface area contributed by atoms with E-state index in [0.717, 1.165) is 0 Å². The maximum absolute atomic E-state index is 11.4. The van der Waals surface area contributed by atoms with Gasteiger partial charge in [0.15, 0.2) is 0 Å². The average molecular weight is 228 g/mol. The molecule has 0 atom stereocenters. The summed E-state index contributed by atoms with van der Waals surface area (Å²) in [5.41, 5.74) is 0.569. The van der Waals surface area contributed by atoms with Gasteiger partial charge in [0, 0.05) is 0 Å². The number of rotatable bonds is 1. The van der Waals surface area contributed by atoms with Crippen LogP contribution in [0.4, 0.5) is 4.79 Å². The number of nitrogens with one attached hydrogen (secondary N) is 2. The number of carbonyl (C=O) groups excluding carboxylic acids is 3. The van der Waals surface area contributed by atoms with Crippen LogP contribution in [0.5, 0.6) is 0 Å². The van der Waals surface area contributed by atoms with Crippen molar-refractivity contribution in [3.8, 4) is 0 Å². The zero-order valence-electron chi connectivity index (χ0n) is 9.69. The normalized spacial score (nSPS) is 16.1. The molecule has 1 heterocycles. The Morgan fingerprint density at radius 3 is 1.94 bits per heavy atom. The summed E-state index contributed by atoms with van der Waals surface area (Å²) in [7, 11) is 0. The molecule has 0 bridgehead atoms. The van der Waals surface area contributed by atoms with Crippen LogP contribution in [0.3, 0.4) is 0 Å². The van der Waals surface area contributed by atoms with E-state index in [9.17, 15) is 14.4 Å². The molecule has 2 N–H and O–H groups in total. The quantitative estimate of drug-likeness (QED) is 0.404. The molecular weight excluding hydrogens is 219 g/mol. The average Bonchev–Trinajstić information content (AvgIpc) is 2.17. The van der Waals surface area contributed by atoms with Crippen molar-refractivity contribution >= 4 is 17.8 Å². The molecule has 1 aromatic carbocycles. The van der Waals surface area contributed by atoms with Gasteiger partial charge in [0.05, 0.1) is 0 Å². The topological polar surface area (TPSA) is 75.3 Å². The monoisotopic (exact) mass is 228 g/mol. The minimum absolute atomic E-state index is 0. The Kier molecular flexibility index (Phi) is 4.23. The molecule has 0 aliphatic carbocycles. The zero-order chi connectivity index (χ0) is 10.8. The molecule has 0 unspecified atom stereocenters. The van der Waals surface area contributed by atoms with Crippen molar-refractivity contribution in [3.63, 3.8) is 0 Å². The van der Waals surface area contributed by atoms with E-state index in [2.05, 4.69) is 0 Å². The minimum atomic E-state index is -0.941. The van der Waals surface area contributed by atoms with Gasteiger partial charge in [0.2, 0.25) is 11.8 Å². The fourth-order valence-electron chi connectivity index (χ4n) is 1.47. The van der Waals surface area contributed by atoms with Crippen LogP contribution in [-0.2, 0) is 9.59 Å². The molecule has 1 saturated heterocycles. The van der Waals surface area contributed by atoms with Gasteiger partial charge in [-0.05, 0) is 5.56 Å². The predicted molar refractivity (Wildman–Crippen MR) is 52.0 cm³/mol. The number of imide groups is 2. The van der Waals surface area contributed by atoms with Crippen molar-refractivity contribution < 1.29 is 45.4 Å². The summed E-state index contributed by atoms with van der Waals surface area (Å²) in [4.78, 5) is 33.6. The molecule has 1 aromatic rings. The third kappa shape index (κ3) is 2.49. The Balaban J connectivity index is 0.00000128. The van der Waals surface area contributed by atoms with Gasteiger partial charge in [-0.25, -0.2) is 4.79 Å². The molecule has 16 heavy (non-hydrogen) atoms. The first-order valence-electron chi connectivity index (χ1n) is 4.39. The summed E-state index contributed by atoms with van der Waals surface area (Å²) in [5, 5.41) is 4.10. The van der Waals surface area contributed by atoms with E-state index in [4.69, 9.17) is 0 Å². The van der Waals surface area contributed by atoms with Gasteiger partial charge in [0.25, 0.3) is 0 Å². The summed E-state index contributed by atoms with van der Waals surface area (Å²) in [6, 6.07) is 7.81. The minimum Gasteiger partial charge on any atom is -1.00 e. The van der Waals surface area contributed by atoms with E-state index in [-0.39, 0.29) is 31.0 Å². The Hall–Kier alpha value is -1.17. The number of benzene rings is 1. The second-order valence-corrected chi connectivity index (χ2v) is 3.15. The van der Waals surface area contributed by atoms with Crippen LogP contribution in [0.25, 0.3) is 0 Å². The fraction of sp³-hybridized carbons (Fsp3) is 0.100. The largest absolute Gasteiger partial charge is 1.00 e. The van der Waals surface area contributed by atoms with Crippen molar-refractivity contribution in [2.75, 3.05) is 0 Å². The molecule has 5 nitrogen and oxygen atoms in total. The van der Waals surface area contributed by atoms with E-state index < -0.39 is 23.8 Å². The van der Waals surface area contributed by atoms with Crippen molar-refractivity contribution in [2.24, 2.45) is 0 Å². The second kappa shape index (κ2) is 5.25. The molecule has 1 fully saturated rings. The van der Waals surface area contributed by atoms with Crippen LogP contribution in [0.15, 0.2) is 30.3 Å². The molecule has 2 rings (SSSR count). The zero-order valence-corrected chi connectivity index (χ0v) is 10.7. The van der Waals surface area contributed by atoms with Crippen LogP contribution in [0, 0.1) is 0 Å². The number of hydrogen-bond acceptors (Lipinski definition) is 3. The van der Waals surface area contributed by atoms with Crippen molar-refractivity contribution in [1.82, 2.24) is 10.6 Å². The SMILES string of the molecule is O=C1NC(=O)C(c2ccccc2)C(=O)N1.[H-].[Na+]. The Bertz CT molecular complexity index is 418. The van der Waals surface area contributed by atoms with Crippen molar-refractivity contribution in [2.45, 2.75) is 5.92 Å². The van der Waals surface area contributed by atoms with Crippen LogP contribution in [-0.4, -0.2) is 17.8 Å². The van der Waals surface area contributed by atoms with Gasteiger partial charge in [-0.1, -0.05) is 30.3 Å². The summed E-state index contributed by atoms with van der Waals surface area (Å²) in [5.74, 6) is -2.12. The van der Waals surface area contributed by atoms with E-state index in [0.29, 0.717) is 5.56 Å². The van der Waals surface area contributed by atoms with Gasteiger partial charge in [0.1, 0.15) is 5.92 Å². The Morgan fingerprint density at radius 1 is 0.938 bits per heavy atom. The van der Waals surface area contributed by atoms with Gasteiger partial charge >= 0.3 is 35.6 Å². The molecule has 1 aliphatic rings. The summed E-state index contributed by atoms with van der Waals surface area (Å²) >= 11 is 0. The molecule has 6 heteroatoms. The van der Waals surface area contributed by atoms with Crippen LogP contribution in [0.2, 0.25) is 0 Å². The maximum Gasteiger partial charge on any atom is 1.00 e. The van der Waals surface area contributed by atoms with Gasteiger partial charge < -0.3 is 1.43 Å². The first kappa shape index (κ1) is 12.9. The third-order valence-electron chi connectivity index (χ3n) is 2.13. The molecule has 0 spiro atoms. The van der Waals surface area contributed by atoms with Crippen molar-refractivity contribution in [3.05, 3.63) is 35.9 Å². The van der Waals surface area contributed by atoms with Crippen LogP contribution < -0.4 is 40.2 Å². The van der Waals surface area contributed by atoms with E-state index in [1.165, 1.54) is 0 Å². The Labute approximate surface area is 115 Å². The molecule has 78 valence electrons. The van der Waals surface area contributed by atoms with Gasteiger partial charge in [-0.15, -0.1) is 0 Å². The summed E-state index contributed by atoms with van der Waals surface area (Å²) in [6.45, 7) is 0. The summed E-state index contributed by atoms with van der Waals surface area (Å²) < 4.78 is 0. The first-order chi connectivity index (χ1) is 7.18. The maximum atomic E-state index is 11.4. The van der Waals surface area contributed by atoms with Crippen LogP contribution >= 0.6 is 0 Å². The Morgan fingerprint density at radius 2 is 1.44 bits per heavy atom. The molecule has 0 saturated carbocycles. The number of hydrogen-bond donors (Lipinski definition) is 2. The van der Waals surface area contributed by atoms with Gasteiger partial charge in [-0.3, -0.25) is 20.2 Å². The number of barbiturate groups is 1. The fourth-order valence-corrected chi connectivity index (χ4v) is 1.47.